The van der Waals surface area contributed by atoms with E-state index in [1.807, 2.05) is 0 Å². The molecule has 0 aliphatic heterocycles. The van der Waals surface area contributed by atoms with Crippen molar-refractivity contribution in [1.82, 2.24) is 0 Å². The maximum Gasteiger partial charge on any atom is -0.0184 e. The van der Waals surface area contributed by atoms with Crippen LogP contribution >= 0.6 is 0 Å². The number of fused-ring (bicyclic) bond motifs is 1. The highest BCUT2D eigenvalue weighted by Gasteiger charge is 1.85. The van der Waals surface area contributed by atoms with E-state index in [9.17, 15) is 0 Å². The van der Waals surface area contributed by atoms with Crippen LogP contribution in [0, 0.1) is 11.8 Å². The van der Waals surface area contributed by atoms with Crippen molar-refractivity contribution in [2.45, 2.75) is 0 Å². The lowest BCUT2D eigenvalue weighted by atomic mass is 10.1. The quantitative estimate of drug-likeness (QED) is 0.535. The highest BCUT2D eigenvalue weighted by molar-refractivity contribution is 5.81. The van der Waals surface area contributed by atoms with Crippen LogP contribution in [-0.2, 0) is 0 Å². The summed E-state index contributed by atoms with van der Waals surface area (Å²) in [5.41, 5.74) is 0. The fraction of sp³-hybridized carbons (Fsp3) is 0. The zero-order valence-electron chi connectivity index (χ0n) is 6.57. The van der Waals surface area contributed by atoms with Crippen LogP contribution in [0.3, 0.4) is 0 Å². The lowest BCUT2D eigenvalue weighted by Gasteiger charge is -1.92. The molecule has 58 valence electrons. The molecule has 0 heterocycles. The molecule has 0 bridgehead atoms. The summed E-state index contributed by atoms with van der Waals surface area (Å²) in [5.74, 6) is 0. The maximum absolute atomic E-state index is 6.25. The van der Waals surface area contributed by atoms with Crippen LogP contribution in [0.25, 0.3) is 10.8 Å². The molecule has 0 fully saturated rings. The summed E-state index contributed by atoms with van der Waals surface area (Å²) in [6.45, 7) is 4.75. The largest absolute Gasteiger partial charge is 0.512 e. The number of rotatable bonds is 0. The summed E-state index contributed by atoms with van der Waals surface area (Å²) in [7, 11) is 0. The van der Waals surface area contributed by atoms with E-state index < -0.39 is 0 Å². The van der Waals surface area contributed by atoms with E-state index in [4.69, 9.17) is 11.8 Å². The summed E-state index contributed by atoms with van der Waals surface area (Å²) in [6.07, 6.45) is 0. The van der Waals surface area contributed by atoms with Crippen molar-refractivity contribution >= 4 is 10.8 Å². The van der Waals surface area contributed by atoms with Crippen LogP contribution in [0.5, 0.6) is 0 Å². The van der Waals surface area contributed by atoms with Gasteiger partial charge in [-0.3, -0.25) is 0 Å². The van der Waals surface area contributed by atoms with Gasteiger partial charge < -0.3 is 11.8 Å². The van der Waals surface area contributed by atoms with Gasteiger partial charge in [-0.15, -0.1) is 0 Å². The van der Waals surface area contributed by atoms with Crippen molar-refractivity contribution in [3.05, 3.63) is 55.1 Å². The molecule has 2 aromatic rings. The Balaban J connectivity index is 0.000000336. The molecule has 0 saturated heterocycles. The lowest BCUT2D eigenvalue weighted by Crippen LogP contribution is -1.67. The van der Waals surface area contributed by atoms with Crippen molar-refractivity contribution in [1.29, 1.82) is 5.26 Å². The molecule has 0 N–H and O–H groups in total. The first-order valence-corrected chi connectivity index (χ1v) is 3.63. The Hall–Kier alpha value is -1.81. The molecule has 0 radical (unpaired) electrons. The van der Waals surface area contributed by atoms with Crippen molar-refractivity contribution in [2.75, 3.05) is 0 Å². The van der Waals surface area contributed by atoms with Gasteiger partial charge in [0.1, 0.15) is 0 Å². The Bertz CT molecular complexity index is 311. The second kappa shape index (κ2) is 4.15. The first-order chi connectivity index (χ1) is 5.97. The Morgan fingerprint density at radius 1 is 0.667 bits per heavy atom. The SMILES string of the molecule is [C-]#N.c1ccc2ccccc2c1. The molecule has 0 aromatic heterocycles. The molecule has 0 aliphatic carbocycles. The Kier molecular flexibility index (Phi) is 2.87. The molecule has 0 atom stereocenters. The van der Waals surface area contributed by atoms with Crippen molar-refractivity contribution in [3.8, 4) is 0 Å². The molecule has 0 saturated carbocycles. The molecule has 2 rings (SSSR count). The lowest BCUT2D eigenvalue weighted by molar-refractivity contribution is 1.53. The Labute approximate surface area is 71.9 Å². The first-order valence-electron chi connectivity index (χ1n) is 3.63. The number of hydrogen-bond acceptors (Lipinski definition) is 1. The van der Waals surface area contributed by atoms with Crippen LogP contribution in [0.15, 0.2) is 48.5 Å². The van der Waals surface area contributed by atoms with Gasteiger partial charge in [0.15, 0.2) is 0 Å². The van der Waals surface area contributed by atoms with Gasteiger partial charge in [0.05, 0.1) is 0 Å². The molecule has 0 aliphatic rings. The smallest absolute Gasteiger partial charge is 0.0184 e. The minimum absolute atomic E-state index is 1.31. The van der Waals surface area contributed by atoms with Gasteiger partial charge in [-0.25, -0.2) is 0 Å². The van der Waals surface area contributed by atoms with Crippen LogP contribution in [0.4, 0.5) is 0 Å². The third kappa shape index (κ3) is 1.62. The van der Waals surface area contributed by atoms with Crippen LogP contribution in [0.2, 0.25) is 0 Å². The fourth-order valence-electron chi connectivity index (χ4n) is 1.13. The molecule has 0 spiro atoms. The summed E-state index contributed by atoms with van der Waals surface area (Å²) < 4.78 is 0. The van der Waals surface area contributed by atoms with Crippen LogP contribution < -0.4 is 0 Å². The monoisotopic (exact) mass is 154 g/mol. The normalized spacial score (nSPS) is 8.50. The van der Waals surface area contributed by atoms with Gasteiger partial charge >= 0.3 is 0 Å². The zero-order valence-corrected chi connectivity index (χ0v) is 6.57. The van der Waals surface area contributed by atoms with E-state index in [0.29, 0.717) is 0 Å². The highest BCUT2D eigenvalue weighted by atomic mass is 14.2. The van der Waals surface area contributed by atoms with Gasteiger partial charge in [-0.1, -0.05) is 48.5 Å². The summed E-state index contributed by atoms with van der Waals surface area (Å²) in [4.78, 5) is 0. The summed E-state index contributed by atoms with van der Waals surface area (Å²) >= 11 is 0. The molecule has 1 nitrogen and oxygen atoms in total. The zero-order chi connectivity index (χ0) is 8.81. The first kappa shape index (κ1) is 8.29. The molecule has 0 unspecified atom stereocenters. The minimum Gasteiger partial charge on any atom is -0.512 e. The standard InChI is InChI=1S/C10H8.CN/c1-2-6-10-8-4-3-7-9(10)5-1;1-2/h1-8H;/q;-1. The number of benzene rings is 2. The molecular formula is C11H8N-. The van der Waals surface area contributed by atoms with Gasteiger partial charge in [0.25, 0.3) is 0 Å². The van der Waals surface area contributed by atoms with E-state index in [-0.39, 0.29) is 0 Å². The Morgan fingerprint density at radius 2 is 0.917 bits per heavy atom. The summed E-state index contributed by atoms with van der Waals surface area (Å²) in [5, 5.41) is 8.87. The Morgan fingerprint density at radius 3 is 1.17 bits per heavy atom. The van der Waals surface area contributed by atoms with Crippen LogP contribution in [0.1, 0.15) is 0 Å². The van der Waals surface area contributed by atoms with Gasteiger partial charge in [-0.2, -0.15) is 0 Å². The molecule has 0 amide bonds. The minimum atomic E-state index is 1.31. The van der Waals surface area contributed by atoms with Gasteiger partial charge in [-0.05, 0) is 10.8 Å². The van der Waals surface area contributed by atoms with E-state index in [2.05, 4.69) is 48.5 Å². The van der Waals surface area contributed by atoms with Crippen molar-refractivity contribution in [3.63, 3.8) is 0 Å². The van der Waals surface area contributed by atoms with Crippen molar-refractivity contribution < 1.29 is 0 Å². The molecule has 1 heteroatoms. The topological polar surface area (TPSA) is 23.8 Å². The predicted octanol–water partition coefficient (Wildman–Crippen LogP) is 2.94. The summed E-state index contributed by atoms with van der Waals surface area (Å²) in [6, 6.07) is 16.7. The van der Waals surface area contributed by atoms with E-state index in [1.54, 1.807) is 0 Å². The van der Waals surface area contributed by atoms with E-state index >= 15 is 0 Å². The highest BCUT2D eigenvalue weighted by Crippen LogP contribution is 2.11. The average Bonchev–Trinajstić information content (AvgIpc) is 2.21. The fourth-order valence-corrected chi connectivity index (χ4v) is 1.13. The van der Waals surface area contributed by atoms with E-state index in [1.165, 1.54) is 10.8 Å². The maximum atomic E-state index is 6.25. The third-order valence-electron chi connectivity index (χ3n) is 1.66. The van der Waals surface area contributed by atoms with Gasteiger partial charge in [0.2, 0.25) is 0 Å². The second-order valence-electron chi connectivity index (χ2n) is 2.35. The average molecular weight is 154 g/mol. The van der Waals surface area contributed by atoms with Crippen molar-refractivity contribution in [2.24, 2.45) is 0 Å². The second-order valence-corrected chi connectivity index (χ2v) is 2.35. The molecule has 2 aromatic carbocycles. The van der Waals surface area contributed by atoms with E-state index in [0.717, 1.165) is 0 Å². The molecule has 12 heavy (non-hydrogen) atoms. The van der Waals surface area contributed by atoms with Gasteiger partial charge in [0, 0.05) is 0 Å². The third-order valence-corrected chi connectivity index (χ3v) is 1.66. The number of nitrogens with zero attached hydrogens (tertiary/aromatic N) is 1. The molecular weight excluding hydrogens is 146 g/mol. The number of hydrogen-bond donors (Lipinski definition) is 0. The van der Waals surface area contributed by atoms with Crippen LogP contribution in [-0.4, -0.2) is 0 Å². The predicted molar refractivity (Wildman–Crippen MR) is 48.9 cm³/mol.